The highest BCUT2D eigenvalue weighted by molar-refractivity contribution is 6.37. The minimum Gasteiger partial charge on any atom is -0.490 e. The highest BCUT2D eigenvalue weighted by Gasteiger charge is 2.15. The van der Waals surface area contributed by atoms with Gasteiger partial charge in [-0.05, 0) is 34.4 Å². The molecule has 4 N–H and O–H groups in total. The number of carbonyl (C=O) groups excluding carboxylic acids is 1. The molecule has 0 bridgehead atoms. The summed E-state index contributed by atoms with van der Waals surface area (Å²) in [4.78, 5) is 11.7. The van der Waals surface area contributed by atoms with Gasteiger partial charge in [-0.25, -0.2) is 4.63 Å². The standard InChI is InChI=1S/C15H19Cl2N5O3/c1-2-5-24-13-10(16)6-9(7-11(13)17)8-19-3-4-20-15(23)12-14(18)22-25-21-12/h6-7,19H,2-5,8H2,1H3,(H2,18,22)(H,20,23). The third kappa shape index (κ3) is 5.48. The normalized spacial score (nSPS) is 10.7. The van der Waals surface area contributed by atoms with Crippen LogP contribution in [0.15, 0.2) is 16.8 Å². The van der Waals surface area contributed by atoms with Gasteiger partial charge in [-0.2, -0.15) is 0 Å². The van der Waals surface area contributed by atoms with Crippen molar-refractivity contribution in [3.63, 3.8) is 0 Å². The number of ether oxygens (including phenoxy) is 1. The van der Waals surface area contributed by atoms with Crippen LogP contribution in [0.25, 0.3) is 0 Å². The molecule has 25 heavy (non-hydrogen) atoms. The highest BCUT2D eigenvalue weighted by atomic mass is 35.5. The van der Waals surface area contributed by atoms with Crippen LogP contribution in [0.1, 0.15) is 29.4 Å². The summed E-state index contributed by atoms with van der Waals surface area (Å²) in [5.74, 6) is 0.0178. The van der Waals surface area contributed by atoms with Gasteiger partial charge in [0.05, 0.1) is 16.7 Å². The zero-order valence-corrected chi connectivity index (χ0v) is 15.2. The van der Waals surface area contributed by atoms with Crippen molar-refractivity contribution in [1.82, 2.24) is 20.9 Å². The van der Waals surface area contributed by atoms with Crippen LogP contribution in [0.3, 0.4) is 0 Å². The lowest BCUT2D eigenvalue weighted by Crippen LogP contribution is -2.32. The van der Waals surface area contributed by atoms with E-state index in [1.165, 1.54) is 0 Å². The molecule has 1 heterocycles. The molecule has 0 unspecified atom stereocenters. The van der Waals surface area contributed by atoms with Crippen LogP contribution in [0.5, 0.6) is 5.75 Å². The number of nitrogen functional groups attached to an aromatic ring is 1. The molecular weight excluding hydrogens is 369 g/mol. The van der Waals surface area contributed by atoms with E-state index in [0.717, 1.165) is 12.0 Å². The number of anilines is 1. The molecule has 0 atom stereocenters. The Kier molecular flexibility index (Phi) is 7.30. The van der Waals surface area contributed by atoms with Gasteiger partial charge >= 0.3 is 0 Å². The number of nitrogens with one attached hydrogen (secondary N) is 2. The van der Waals surface area contributed by atoms with Gasteiger partial charge in [0.1, 0.15) is 0 Å². The molecule has 0 aliphatic rings. The second kappa shape index (κ2) is 9.45. The van der Waals surface area contributed by atoms with Crippen LogP contribution in [-0.4, -0.2) is 35.9 Å². The van der Waals surface area contributed by atoms with Crippen molar-refractivity contribution < 1.29 is 14.2 Å². The number of hydrogen-bond acceptors (Lipinski definition) is 7. The van der Waals surface area contributed by atoms with Crippen molar-refractivity contribution in [2.24, 2.45) is 0 Å². The second-order valence-corrected chi connectivity index (χ2v) is 5.98. The molecule has 1 aromatic carbocycles. The summed E-state index contributed by atoms with van der Waals surface area (Å²) < 4.78 is 9.90. The molecule has 136 valence electrons. The number of hydrogen-bond donors (Lipinski definition) is 3. The van der Waals surface area contributed by atoms with Crippen LogP contribution < -0.4 is 21.1 Å². The van der Waals surface area contributed by atoms with Crippen molar-refractivity contribution in [2.45, 2.75) is 19.9 Å². The molecule has 0 saturated carbocycles. The molecule has 1 aromatic heterocycles. The fourth-order valence-corrected chi connectivity index (χ4v) is 2.63. The van der Waals surface area contributed by atoms with Gasteiger partial charge in [0.15, 0.2) is 5.75 Å². The molecule has 0 radical (unpaired) electrons. The molecule has 2 rings (SSSR count). The van der Waals surface area contributed by atoms with Crippen molar-refractivity contribution in [3.8, 4) is 5.75 Å². The van der Waals surface area contributed by atoms with Crippen LogP contribution in [-0.2, 0) is 6.54 Å². The second-order valence-electron chi connectivity index (χ2n) is 5.17. The summed E-state index contributed by atoms with van der Waals surface area (Å²) in [6.07, 6.45) is 0.873. The minimum absolute atomic E-state index is 0.0266. The van der Waals surface area contributed by atoms with Crippen molar-refractivity contribution in [2.75, 3.05) is 25.4 Å². The number of aromatic nitrogens is 2. The lowest BCUT2D eigenvalue weighted by atomic mass is 10.2. The van der Waals surface area contributed by atoms with Gasteiger partial charge in [-0.1, -0.05) is 30.1 Å². The Balaban J connectivity index is 1.76. The first-order chi connectivity index (χ1) is 12.0. The number of amides is 1. The fourth-order valence-electron chi connectivity index (χ4n) is 1.99. The quantitative estimate of drug-likeness (QED) is 0.565. The van der Waals surface area contributed by atoms with Crippen LogP contribution in [0.4, 0.5) is 5.82 Å². The number of rotatable bonds is 9. The average molecular weight is 388 g/mol. The van der Waals surface area contributed by atoms with Crippen molar-refractivity contribution in [1.29, 1.82) is 0 Å². The minimum atomic E-state index is -0.441. The summed E-state index contributed by atoms with van der Waals surface area (Å²) >= 11 is 12.4. The summed E-state index contributed by atoms with van der Waals surface area (Å²) in [6.45, 7) is 4.01. The topological polar surface area (TPSA) is 115 Å². The SMILES string of the molecule is CCCOc1c(Cl)cc(CNCCNC(=O)c2nonc2N)cc1Cl. The Morgan fingerprint density at radius 3 is 2.60 bits per heavy atom. The van der Waals surface area contributed by atoms with Gasteiger partial charge in [0.25, 0.3) is 5.91 Å². The first kappa shape index (κ1) is 19.3. The molecule has 0 aliphatic carbocycles. The molecule has 0 aliphatic heterocycles. The van der Waals surface area contributed by atoms with Crippen LogP contribution in [0.2, 0.25) is 10.0 Å². The van der Waals surface area contributed by atoms with Crippen molar-refractivity contribution >= 4 is 34.9 Å². The monoisotopic (exact) mass is 387 g/mol. The van der Waals surface area contributed by atoms with Crippen LogP contribution >= 0.6 is 23.2 Å². The zero-order valence-electron chi connectivity index (χ0n) is 13.6. The Morgan fingerprint density at radius 1 is 1.28 bits per heavy atom. The maximum absolute atomic E-state index is 11.7. The zero-order chi connectivity index (χ0) is 18.2. The first-order valence-corrected chi connectivity index (χ1v) is 8.46. The average Bonchev–Trinajstić information content (AvgIpc) is 3.00. The van der Waals surface area contributed by atoms with Gasteiger partial charge < -0.3 is 21.1 Å². The Hall–Kier alpha value is -2.03. The van der Waals surface area contributed by atoms with Crippen LogP contribution in [0, 0.1) is 0 Å². The third-order valence-corrected chi connectivity index (χ3v) is 3.72. The molecule has 1 amide bonds. The van der Waals surface area contributed by atoms with E-state index in [9.17, 15) is 4.79 Å². The molecule has 8 nitrogen and oxygen atoms in total. The van der Waals surface area contributed by atoms with E-state index in [2.05, 4.69) is 25.6 Å². The number of nitrogens with zero attached hydrogens (tertiary/aromatic N) is 2. The summed E-state index contributed by atoms with van der Waals surface area (Å²) in [6, 6.07) is 3.59. The molecular formula is C15H19Cl2N5O3. The lowest BCUT2D eigenvalue weighted by Gasteiger charge is -2.12. The highest BCUT2D eigenvalue weighted by Crippen LogP contribution is 2.34. The van der Waals surface area contributed by atoms with E-state index in [0.29, 0.717) is 42.0 Å². The number of halogens is 2. The van der Waals surface area contributed by atoms with Crippen molar-refractivity contribution in [3.05, 3.63) is 33.4 Å². The summed E-state index contributed by atoms with van der Waals surface area (Å²) in [7, 11) is 0. The molecule has 10 heteroatoms. The summed E-state index contributed by atoms with van der Waals surface area (Å²) in [5, 5.41) is 13.5. The predicted octanol–water partition coefficient (Wildman–Crippen LogP) is 2.27. The van der Waals surface area contributed by atoms with E-state index >= 15 is 0 Å². The number of carbonyl (C=O) groups is 1. The Morgan fingerprint density at radius 2 is 2.00 bits per heavy atom. The van der Waals surface area contributed by atoms with E-state index in [4.69, 9.17) is 33.7 Å². The van der Waals surface area contributed by atoms with E-state index < -0.39 is 5.91 Å². The lowest BCUT2D eigenvalue weighted by molar-refractivity contribution is 0.0944. The fraction of sp³-hybridized carbons (Fsp3) is 0.400. The molecule has 0 fully saturated rings. The Labute approximate surface area is 155 Å². The van der Waals surface area contributed by atoms with Gasteiger partial charge in [-0.3, -0.25) is 4.79 Å². The van der Waals surface area contributed by atoms with E-state index in [1.807, 2.05) is 6.92 Å². The molecule has 0 saturated heterocycles. The smallest absolute Gasteiger partial charge is 0.277 e. The van der Waals surface area contributed by atoms with E-state index in [-0.39, 0.29) is 11.5 Å². The maximum Gasteiger partial charge on any atom is 0.277 e. The maximum atomic E-state index is 11.7. The molecule has 0 spiro atoms. The first-order valence-electron chi connectivity index (χ1n) is 7.70. The van der Waals surface area contributed by atoms with Gasteiger partial charge in [0.2, 0.25) is 11.5 Å². The van der Waals surface area contributed by atoms with Gasteiger partial charge in [0, 0.05) is 19.6 Å². The third-order valence-electron chi connectivity index (χ3n) is 3.15. The molecule has 2 aromatic rings. The number of benzene rings is 1. The largest absolute Gasteiger partial charge is 0.490 e. The van der Waals surface area contributed by atoms with Gasteiger partial charge in [-0.15, -0.1) is 0 Å². The predicted molar refractivity (Wildman–Crippen MR) is 95.0 cm³/mol. The Bertz CT molecular complexity index is 700. The summed E-state index contributed by atoms with van der Waals surface area (Å²) in [5.41, 5.74) is 6.33. The van der Waals surface area contributed by atoms with E-state index in [1.54, 1.807) is 12.1 Å². The number of nitrogens with two attached hydrogens (primary N) is 1.